The number of hydrogen-bond donors (Lipinski definition) is 1. The Bertz CT molecular complexity index is 133. The molecule has 1 unspecified atom stereocenters. The number of aliphatic hydroxyl groups is 1. The summed E-state index contributed by atoms with van der Waals surface area (Å²) in [4.78, 5) is 0. The Morgan fingerprint density at radius 1 is 1.06 bits per heavy atom. The Labute approximate surface area is 108 Å². The van der Waals surface area contributed by atoms with E-state index in [2.05, 4.69) is 13.5 Å². The van der Waals surface area contributed by atoms with Gasteiger partial charge in [-0.2, -0.15) is 0 Å². The van der Waals surface area contributed by atoms with E-state index >= 15 is 0 Å². The van der Waals surface area contributed by atoms with Crippen LogP contribution in [-0.4, -0.2) is 18.0 Å². The second-order valence-electron chi connectivity index (χ2n) is 4.35. The van der Waals surface area contributed by atoms with Gasteiger partial charge in [0.1, 0.15) is 0 Å². The molecule has 104 valence electrons. The zero-order valence-corrected chi connectivity index (χ0v) is 12.1. The van der Waals surface area contributed by atoms with Crippen molar-refractivity contribution in [3.63, 3.8) is 0 Å². The largest absolute Gasteiger partial charge is 0.368 e. The summed E-state index contributed by atoms with van der Waals surface area (Å²) in [5, 5.41) is 8.83. The van der Waals surface area contributed by atoms with Crippen LogP contribution in [0, 0.1) is 0 Å². The number of aliphatic hydroxyl groups excluding tert-OH is 1. The SMILES string of the molecule is C=CC.CCCCCCCCCCOC(C)O. The van der Waals surface area contributed by atoms with Crippen LogP contribution >= 0.6 is 0 Å². The summed E-state index contributed by atoms with van der Waals surface area (Å²) in [6.45, 7) is 9.85. The average molecular weight is 244 g/mol. The molecule has 1 atom stereocenters. The molecule has 0 aromatic heterocycles. The molecule has 0 spiro atoms. The maximum atomic E-state index is 8.83. The Morgan fingerprint density at radius 3 is 1.88 bits per heavy atom. The molecule has 17 heavy (non-hydrogen) atoms. The molecule has 0 fully saturated rings. The average Bonchev–Trinajstić information content (AvgIpc) is 2.27. The van der Waals surface area contributed by atoms with Crippen LogP contribution in [0.1, 0.15) is 72.1 Å². The maximum Gasteiger partial charge on any atom is 0.151 e. The summed E-state index contributed by atoms with van der Waals surface area (Å²) in [5.41, 5.74) is 0. The van der Waals surface area contributed by atoms with Gasteiger partial charge in [0.15, 0.2) is 6.29 Å². The van der Waals surface area contributed by atoms with Gasteiger partial charge < -0.3 is 9.84 Å². The van der Waals surface area contributed by atoms with Crippen molar-refractivity contribution in [2.75, 3.05) is 6.61 Å². The van der Waals surface area contributed by atoms with Gasteiger partial charge in [-0.25, -0.2) is 0 Å². The highest BCUT2D eigenvalue weighted by Gasteiger charge is 1.94. The van der Waals surface area contributed by atoms with E-state index in [1.54, 1.807) is 13.0 Å². The van der Waals surface area contributed by atoms with Crippen LogP contribution in [-0.2, 0) is 4.74 Å². The van der Waals surface area contributed by atoms with E-state index in [1.807, 2.05) is 6.92 Å². The van der Waals surface area contributed by atoms with E-state index in [0.29, 0.717) is 6.61 Å². The van der Waals surface area contributed by atoms with E-state index in [-0.39, 0.29) is 0 Å². The quantitative estimate of drug-likeness (QED) is 0.343. The molecule has 0 radical (unpaired) electrons. The predicted octanol–water partition coefficient (Wildman–Crippen LogP) is 4.67. The molecule has 0 saturated heterocycles. The highest BCUT2D eigenvalue weighted by molar-refractivity contribution is 4.51. The fourth-order valence-electron chi connectivity index (χ4n) is 1.49. The first-order valence-electron chi connectivity index (χ1n) is 7.05. The van der Waals surface area contributed by atoms with Gasteiger partial charge in [0, 0.05) is 6.61 Å². The van der Waals surface area contributed by atoms with Crippen LogP contribution in [0.4, 0.5) is 0 Å². The number of unbranched alkanes of at least 4 members (excludes halogenated alkanes) is 7. The number of hydrogen-bond acceptors (Lipinski definition) is 2. The third-order valence-corrected chi connectivity index (χ3v) is 2.36. The van der Waals surface area contributed by atoms with Gasteiger partial charge in [-0.15, -0.1) is 6.58 Å². The van der Waals surface area contributed by atoms with Gasteiger partial charge in [-0.1, -0.05) is 57.9 Å². The van der Waals surface area contributed by atoms with E-state index in [4.69, 9.17) is 9.84 Å². The lowest BCUT2D eigenvalue weighted by atomic mass is 10.1. The zero-order valence-electron chi connectivity index (χ0n) is 12.1. The Balaban J connectivity index is 0. The third-order valence-electron chi connectivity index (χ3n) is 2.36. The maximum absolute atomic E-state index is 8.83. The second-order valence-corrected chi connectivity index (χ2v) is 4.35. The summed E-state index contributed by atoms with van der Waals surface area (Å²) in [7, 11) is 0. The van der Waals surface area contributed by atoms with Crippen LogP contribution in [0.25, 0.3) is 0 Å². The van der Waals surface area contributed by atoms with Crippen LogP contribution < -0.4 is 0 Å². The van der Waals surface area contributed by atoms with Crippen molar-refractivity contribution in [2.24, 2.45) is 0 Å². The van der Waals surface area contributed by atoms with Gasteiger partial charge >= 0.3 is 0 Å². The molecular weight excluding hydrogens is 212 g/mol. The summed E-state index contributed by atoms with van der Waals surface area (Å²) in [6.07, 6.45) is 11.6. The fraction of sp³-hybridized carbons (Fsp3) is 0.867. The molecule has 0 bridgehead atoms. The topological polar surface area (TPSA) is 29.5 Å². The van der Waals surface area contributed by atoms with Crippen LogP contribution in [0.5, 0.6) is 0 Å². The molecule has 0 aromatic rings. The summed E-state index contributed by atoms with van der Waals surface area (Å²) < 4.78 is 5.04. The van der Waals surface area contributed by atoms with Crippen molar-refractivity contribution in [2.45, 2.75) is 78.4 Å². The van der Waals surface area contributed by atoms with Gasteiger partial charge in [0.05, 0.1) is 0 Å². The molecule has 0 aliphatic rings. The van der Waals surface area contributed by atoms with E-state index in [0.717, 1.165) is 6.42 Å². The number of allylic oxidation sites excluding steroid dienone is 1. The van der Waals surface area contributed by atoms with Crippen molar-refractivity contribution in [3.05, 3.63) is 12.7 Å². The van der Waals surface area contributed by atoms with Gasteiger partial charge in [-0.05, 0) is 20.3 Å². The van der Waals surface area contributed by atoms with Crippen molar-refractivity contribution in [1.29, 1.82) is 0 Å². The molecule has 0 amide bonds. The molecular formula is C15H32O2. The smallest absolute Gasteiger partial charge is 0.151 e. The van der Waals surface area contributed by atoms with E-state index < -0.39 is 6.29 Å². The standard InChI is InChI=1S/C12H26O2.C3H6/c1-3-4-5-6-7-8-9-10-11-14-12(2)13;1-3-2/h12-13H,3-11H2,1-2H3;3H,1H2,2H3. The van der Waals surface area contributed by atoms with Crippen molar-refractivity contribution in [1.82, 2.24) is 0 Å². The van der Waals surface area contributed by atoms with Gasteiger partial charge in [0.2, 0.25) is 0 Å². The van der Waals surface area contributed by atoms with Crippen molar-refractivity contribution >= 4 is 0 Å². The van der Waals surface area contributed by atoms with E-state index in [1.165, 1.54) is 44.9 Å². The molecule has 0 rings (SSSR count). The summed E-state index contributed by atoms with van der Waals surface area (Å²) >= 11 is 0. The minimum Gasteiger partial charge on any atom is -0.368 e. The molecule has 0 saturated carbocycles. The zero-order chi connectivity index (χ0) is 13.4. The summed E-state index contributed by atoms with van der Waals surface area (Å²) in [6, 6.07) is 0. The molecule has 0 aliphatic heterocycles. The number of rotatable bonds is 10. The van der Waals surface area contributed by atoms with Gasteiger partial charge in [-0.3, -0.25) is 0 Å². The predicted molar refractivity (Wildman–Crippen MR) is 76.1 cm³/mol. The van der Waals surface area contributed by atoms with Crippen LogP contribution in [0.2, 0.25) is 0 Å². The molecule has 0 aliphatic carbocycles. The van der Waals surface area contributed by atoms with Gasteiger partial charge in [0.25, 0.3) is 0 Å². The first kappa shape index (κ1) is 19.0. The minimum atomic E-state index is -0.598. The lowest BCUT2D eigenvalue weighted by molar-refractivity contribution is -0.0859. The van der Waals surface area contributed by atoms with Crippen LogP contribution in [0.3, 0.4) is 0 Å². The lowest BCUT2D eigenvalue weighted by Gasteiger charge is -2.05. The molecule has 0 aromatic carbocycles. The Morgan fingerprint density at radius 2 is 1.47 bits per heavy atom. The highest BCUT2D eigenvalue weighted by atomic mass is 16.6. The molecule has 2 nitrogen and oxygen atoms in total. The lowest BCUT2D eigenvalue weighted by Crippen LogP contribution is -2.06. The Hall–Kier alpha value is -0.340. The first-order chi connectivity index (χ1) is 8.18. The summed E-state index contributed by atoms with van der Waals surface area (Å²) in [5.74, 6) is 0. The Kier molecular flexibility index (Phi) is 20.2. The second kappa shape index (κ2) is 18.0. The minimum absolute atomic E-state index is 0.598. The third kappa shape index (κ3) is 25.7. The monoisotopic (exact) mass is 244 g/mol. The normalized spacial score (nSPS) is 11.5. The van der Waals surface area contributed by atoms with E-state index in [9.17, 15) is 0 Å². The van der Waals surface area contributed by atoms with Crippen LogP contribution in [0.15, 0.2) is 12.7 Å². The highest BCUT2D eigenvalue weighted by Crippen LogP contribution is 2.08. The molecule has 0 heterocycles. The van der Waals surface area contributed by atoms with Crippen molar-refractivity contribution in [3.8, 4) is 0 Å². The number of ether oxygens (including phenoxy) is 1. The first-order valence-corrected chi connectivity index (χ1v) is 7.05. The fourth-order valence-corrected chi connectivity index (χ4v) is 1.49. The molecule has 2 heteroatoms. The van der Waals surface area contributed by atoms with Crippen molar-refractivity contribution < 1.29 is 9.84 Å². The molecule has 1 N–H and O–H groups in total.